The van der Waals surface area contributed by atoms with E-state index < -0.39 is 32.1 Å². The van der Waals surface area contributed by atoms with Gasteiger partial charge in [-0.2, -0.15) is 0 Å². The van der Waals surface area contributed by atoms with Crippen LogP contribution in [0.3, 0.4) is 0 Å². The lowest BCUT2D eigenvalue weighted by Gasteiger charge is -2.50. The van der Waals surface area contributed by atoms with E-state index in [1.165, 1.54) is 31.2 Å². The first kappa shape index (κ1) is 22.2. The Labute approximate surface area is 185 Å². The van der Waals surface area contributed by atoms with Crippen LogP contribution < -0.4 is 4.74 Å². The Balaban J connectivity index is 1.96. The summed E-state index contributed by atoms with van der Waals surface area (Å²) in [7, 11) is -4.15. The maximum absolute atomic E-state index is 15.2. The Hall–Kier alpha value is -1.99. The van der Waals surface area contributed by atoms with Crippen molar-refractivity contribution in [3.05, 3.63) is 58.6 Å². The molecule has 2 aromatic carbocycles. The zero-order valence-corrected chi connectivity index (χ0v) is 18.6. The maximum Gasteiger partial charge on any atom is 0.188 e. The van der Waals surface area contributed by atoms with Crippen LogP contribution in [-0.4, -0.2) is 20.8 Å². The van der Waals surface area contributed by atoms with Crippen molar-refractivity contribution >= 4 is 27.2 Å². The van der Waals surface area contributed by atoms with Crippen molar-refractivity contribution in [1.82, 2.24) is 0 Å². The largest absolute Gasteiger partial charge is 0.490 e. The van der Waals surface area contributed by atoms with Crippen molar-refractivity contribution in [3.63, 3.8) is 0 Å². The van der Waals surface area contributed by atoms with Crippen molar-refractivity contribution in [3.8, 4) is 5.75 Å². The summed E-state index contributed by atoms with van der Waals surface area (Å²) in [5.74, 6) is -2.69. The summed E-state index contributed by atoms with van der Waals surface area (Å²) in [6.45, 7) is 1.44. The van der Waals surface area contributed by atoms with Crippen molar-refractivity contribution in [2.75, 3.05) is 6.61 Å². The Morgan fingerprint density at radius 1 is 1.16 bits per heavy atom. The molecule has 1 unspecified atom stereocenters. The highest BCUT2D eigenvalue weighted by Gasteiger charge is 2.60. The van der Waals surface area contributed by atoms with Crippen molar-refractivity contribution in [2.45, 2.75) is 48.7 Å². The van der Waals surface area contributed by atoms with E-state index in [0.29, 0.717) is 30.7 Å². The number of ketones is 1. The molecular weight excluding hydrogens is 446 g/mol. The Kier molecular flexibility index (Phi) is 5.85. The summed E-state index contributed by atoms with van der Waals surface area (Å²) in [5, 5.41) is 0.376. The summed E-state index contributed by atoms with van der Waals surface area (Å²) < 4.78 is 62.0. The molecule has 0 bridgehead atoms. The van der Waals surface area contributed by atoms with Crippen molar-refractivity contribution in [2.24, 2.45) is 11.8 Å². The number of fused-ring (bicyclic) bond motifs is 3. The van der Waals surface area contributed by atoms with Gasteiger partial charge in [0.15, 0.2) is 21.4 Å². The monoisotopic (exact) mass is 468 g/mol. The van der Waals surface area contributed by atoms with Gasteiger partial charge >= 0.3 is 0 Å². The van der Waals surface area contributed by atoms with E-state index in [-0.39, 0.29) is 40.9 Å². The number of rotatable bonds is 5. The standard InChI is InChI=1S/C23H23ClF2O4S/c1-14(27)4-5-15-3-2-12-23(31(28,29)17-8-6-16(24)7-9-17)18(15)13-30-22-20(26)11-10-19(25)21(22)23/h6-11,15,18H,2-5,12-13H2,1H3/t15-,18?,23-/m0/s1. The number of benzene rings is 2. The molecule has 0 N–H and O–H groups in total. The molecule has 0 amide bonds. The molecule has 1 aliphatic carbocycles. The minimum absolute atomic E-state index is 0.00521. The Morgan fingerprint density at radius 3 is 2.52 bits per heavy atom. The zero-order chi connectivity index (χ0) is 22.4. The van der Waals surface area contributed by atoms with Crippen LogP contribution in [-0.2, 0) is 19.4 Å². The lowest BCUT2D eigenvalue weighted by atomic mass is 9.66. The van der Waals surface area contributed by atoms with Gasteiger partial charge in [-0.05, 0) is 68.5 Å². The molecule has 3 atom stereocenters. The number of ether oxygens (including phenoxy) is 1. The molecule has 1 fully saturated rings. The van der Waals surface area contributed by atoms with E-state index in [9.17, 15) is 17.6 Å². The molecule has 31 heavy (non-hydrogen) atoms. The summed E-state index contributed by atoms with van der Waals surface area (Å²) >= 11 is 5.95. The van der Waals surface area contributed by atoms with Gasteiger partial charge in [-0.3, -0.25) is 0 Å². The second-order valence-electron chi connectivity index (χ2n) is 8.39. The second-order valence-corrected chi connectivity index (χ2v) is 11.0. The van der Waals surface area contributed by atoms with Crippen LogP contribution in [0.2, 0.25) is 5.02 Å². The van der Waals surface area contributed by atoms with Gasteiger partial charge in [0, 0.05) is 17.4 Å². The predicted octanol–water partition coefficient (Wildman–Crippen LogP) is 5.47. The Morgan fingerprint density at radius 2 is 1.84 bits per heavy atom. The summed E-state index contributed by atoms with van der Waals surface area (Å²) in [6, 6.07) is 7.64. The van der Waals surface area contributed by atoms with Crippen LogP contribution in [0.15, 0.2) is 41.3 Å². The molecule has 0 radical (unpaired) electrons. The summed E-state index contributed by atoms with van der Waals surface area (Å²) in [5.41, 5.74) is -0.230. The molecule has 0 saturated heterocycles. The molecule has 0 spiro atoms. The first-order valence-corrected chi connectivity index (χ1v) is 12.2. The van der Waals surface area contributed by atoms with Gasteiger partial charge in [0.05, 0.1) is 17.1 Å². The molecule has 8 heteroatoms. The molecule has 1 saturated carbocycles. The zero-order valence-electron chi connectivity index (χ0n) is 17.0. The smallest absolute Gasteiger partial charge is 0.188 e. The summed E-state index contributed by atoms with van der Waals surface area (Å²) in [4.78, 5) is 11.6. The van der Waals surface area contributed by atoms with Crippen LogP contribution in [0.25, 0.3) is 0 Å². The third-order valence-corrected chi connectivity index (χ3v) is 9.47. The summed E-state index contributed by atoms with van der Waals surface area (Å²) in [6.07, 6.45) is 2.15. The molecule has 0 aromatic heterocycles. The van der Waals surface area contributed by atoms with E-state index in [0.717, 1.165) is 12.1 Å². The van der Waals surface area contributed by atoms with E-state index >= 15 is 4.39 Å². The fraction of sp³-hybridized carbons (Fsp3) is 0.435. The second kappa shape index (κ2) is 8.17. The number of halogens is 3. The normalized spacial score (nSPS) is 25.3. The number of carbonyl (C=O) groups is 1. The molecule has 4 nitrogen and oxygen atoms in total. The van der Waals surface area contributed by atoms with E-state index in [4.69, 9.17) is 16.3 Å². The van der Waals surface area contributed by atoms with Gasteiger partial charge in [0.25, 0.3) is 0 Å². The fourth-order valence-electron chi connectivity index (χ4n) is 5.24. The number of hydrogen-bond donors (Lipinski definition) is 0. The van der Waals surface area contributed by atoms with E-state index in [2.05, 4.69) is 0 Å². The average Bonchev–Trinajstić information content (AvgIpc) is 2.74. The molecule has 1 heterocycles. The van der Waals surface area contributed by atoms with Crippen LogP contribution in [0.5, 0.6) is 5.75 Å². The minimum atomic E-state index is -4.15. The third-order valence-electron chi connectivity index (χ3n) is 6.65. The quantitative estimate of drug-likeness (QED) is 0.584. The highest BCUT2D eigenvalue weighted by Crippen LogP contribution is 2.58. The van der Waals surface area contributed by atoms with Crippen molar-refractivity contribution in [1.29, 1.82) is 0 Å². The molecule has 2 aliphatic rings. The van der Waals surface area contributed by atoms with Crippen LogP contribution in [0.1, 0.15) is 44.6 Å². The topological polar surface area (TPSA) is 60.4 Å². The van der Waals surface area contributed by atoms with Crippen molar-refractivity contribution < 1.29 is 26.7 Å². The number of carbonyl (C=O) groups excluding carboxylic acids is 1. The third kappa shape index (κ3) is 3.55. The van der Waals surface area contributed by atoms with Gasteiger partial charge in [-0.1, -0.05) is 18.0 Å². The molecule has 166 valence electrons. The van der Waals surface area contributed by atoms with Gasteiger partial charge < -0.3 is 9.53 Å². The van der Waals surface area contributed by atoms with E-state index in [1.54, 1.807) is 0 Å². The minimum Gasteiger partial charge on any atom is -0.490 e. The predicted molar refractivity (Wildman–Crippen MR) is 113 cm³/mol. The molecular formula is C23H23ClF2O4S. The van der Waals surface area contributed by atoms with Crippen LogP contribution in [0.4, 0.5) is 8.78 Å². The van der Waals surface area contributed by atoms with Crippen LogP contribution >= 0.6 is 11.6 Å². The lowest BCUT2D eigenvalue weighted by molar-refractivity contribution is -0.117. The lowest BCUT2D eigenvalue weighted by Crippen LogP contribution is -2.54. The Bertz CT molecular complexity index is 1120. The van der Waals surface area contributed by atoms with Gasteiger partial charge in [-0.25, -0.2) is 17.2 Å². The highest BCUT2D eigenvalue weighted by molar-refractivity contribution is 7.92. The van der Waals surface area contributed by atoms with Gasteiger partial charge in [-0.15, -0.1) is 0 Å². The maximum atomic E-state index is 15.2. The molecule has 2 aromatic rings. The number of Topliss-reactive ketones (excluding diaryl/α,β-unsaturated/α-hetero) is 1. The average molecular weight is 469 g/mol. The van der Waals surface area contributed by atoms with Crippen LogP contribution in [0, 0.1) is 23.5 Å². The number of sulfone groups is 1. The van der Waals surface area contributed by atoms with E-state index in [1.807, 2.05) is 0 Å². The fourth-order valence-corrected chi connectivity index (χ4v) is 7.82. The van der Waals surface area contributed by atoms with Gasteiger partial charge in [0.1, 0.15) is 16.3 Å². The first-order chi connectivity index (χ1) is 14.7. The molecule has 4 rings (SSSR count). The first-order valence-electron chi connectivity index (χ1n) is 10.3. The van der Waals surface area contributed by atoms with Gasteiger partial charge in [0.2, 0.25) is 0 Å². The SMILES string of the molecule is CC(=O)CC[C@@H]1CCC[C@@]2(S(=O)(=O)c3ccc(Cl)cc3)c3c(F)ccc(F)c3OCC12. The molecule has 1 aliphatic heterocycles. The highest BCUT2D eigenvalue weighted by atomic mass is 35.5. The number of hydrogen-bond acceptors (Lipinski definition) is 4.